The van der Waals surface area contributed by atoms with Crippen molar-refractivity contribution < 1.29 is 17.2 Å². The van der Waals surface area contributed by atoms with E-state index in [4.69, 9.17) is 0 Å². The summed E-state index contributed by atoms with van der Waals surface area (Å²) in [6.45, 7) is 0. The van der Waals surface area contributed by atoms with Crippen LogP contribution < -0.4 is 4.13 Å². The average molecular weight is 378 g/mol. The molecule has 1 rings (SSSR count). The molecule has 84 valence electrons. The fourth-order valence-corrected chi connectivity index (χ4v) is 4.08. The third-order valence-electron chi connectivity index (χ3n) is 1.32. The molecule has 0 radical (unpaired) electrons. The van der Waals surface area contributed by atoms with Gasteiger partial charge in [0.2, 0.25) is 0 Å². The zero-order chi connectivity index (χ0) is 11.6. The molecular weight excluding hydrogens is 374 g/mol. The van der Waals surface area contributed by atoms with Gasteiger partial charge in [0.25, 0.3) is 10.0 Å². The number of nitrogens with one attached hydrogen (secondary N) is 1. The van der Waals surface area contributed by atoms with E-state index in [2.05, 4.69) is 31.9 Å². The Morgan fingerprint density at radius 1 is 1.20 bits per heavy atom. The number of benzene rings is 1. The zero-order valence-corrected chi connectivity index (χ0v) is 11.7. The topological polar surface area (TPSA) is 86.3 Å². The van der Waals surface area contributed by atoms with Crippen molar-refractivity contribution in [3.05, 3.63) is 27.1 Å². The first-order chi connectivity index (χ1) is 6.81. The van der Waals surface area contributed by atoms with Gasteiger partial charge in [-0.2, -0.15) is 0 Å². The first kappa shape index (κ1) is 13.3. The molecule has 0 saturated carbocycles. The van der Waals surface area contributed by atoms with Crippen LogP contribution in [0, 0.1) is 0 Å². The van der Waals surface area contributed by atoms with E-state index in [9.17, 15) is 17.2 Å². The van der Waals surface area contributed by atoms with Crippen LogP contribution in [0.25, 0.3) is 0 Å². The summed E-state index contributed by atoms with van der Waals surface area (Å²) in [6, 6.07) is 4.22. The van der Waals surface area contributed by atoms with E-state index < -0.39 is 21.3 Å². The summed E-state index contributed by atoms with van der Waals surface area (Å²) in [5.41, 5.74) is 0. The maximum atomic E-state index is 11.4. The van der Waals surface area contributed by atoms with Gasteiger partial charge in [0.15, 0.2) is 0 Å². The van der Waals surface area contributed by atoms with E-state index in [1.54, 1.807) is 6.07 Å². The molecule has 1 atom stereocenters. The number of sulfonamides is 1. The van der Waals surface area contributed by atoms with Crippen molar-refractivity contribution in [2.75, 3.05) is 0 Å². The second-order valence-electron chi connectivity index (χ2n) is 2.43. The number of hydrogen-bond acceptors (Lipinski definition) is 4. The first-order valence-electron chi connectivity index (χ1n) is 3.39. The van der Waals surface area contributed by atoms with Gasteiger partial charge in [0.1, 0.15) is 0 Å². The zero-order valence-electron chi connectivity index (χ0n) is 6.94. The van der Waals surface area contributed by atoms with Crippen LogP contribution in [0.4, 0.5) is 0 Å². The van der Waals surface area contributed by atoms with Crippen molar-refractivity contribution >= 4 is 53.1 Å². The Labute approximate surface area is 106 Å². The van der Waals surface area contributed by atoms with E-state index in [0.717, 1.165) is 0 Å². The molecule has 5 nitrogen and oxygen atoms in total. The lowest BCUT2D eigenvalue weighted by Crippen LogP contribution is -2.25. The Bertz CT molecular complexity index is 482. The lowest BCUT2D eigenvalue weighted by atomic mass is 10.4. The van der Waals surface area contributed by atoms with Crippen LogP contribution in [0.2, 0.25) is 0 Å². The molecule has 1 unspecified atom stereocenters. The SMILES string of the molecule is O=S([O-])NS(=O)(=O)c1cc(Br)cc(Br)c1. The number of halogens is 2. The predicted molar refractivity (Wildman–Crippen MR) is 61.1 cm³/mol. The normalized spacial score (nSPS) is 13.8. The molecule has 1 aromatic rings. The molecule has 0 bridgehead atoms. The fourth-order valence-electron chi connectivity index (χ4n) is 0.821. The van der Waals surface area contributed by atoms with Gasteiger partial charge in [-0.3, -0.25) is 4.21 Å². The van der Waals surface area contributed by atoms with Crippen LogP contribution in [0.5, 0.6) is 0 Å². The minimum atomic E-state index is -4.03. The van der Waals surface area contributed by atoms with Gasteiger partial charge < -0.3 is 4.55 Å². The molecule has 9 heteroatoms. The van der Waals surface area contributed by atoms with Crippen LogP contribution in [-0.4, -0.2) is 17.2 Å². The highest BCUT2D eigenvalue weighted by Crippen LogP contribution is 2.22. The molecular formula is C6H4Br2NO4S2-. The van der Waals surface area contributed by atoms with Gasteiger partial charge in [0, 0.05) is 20.2 Å². The summed E-state index contributed by atoms with van der Waals surface area (Å²) < 4.78 is 45.8. The summed E-state index contributed by atoms with van der Waals surface area (Å²) in [5, 5.41) is 0. The van der Waals surface area contributed by atoms with Crippen molar-refractivity contribution in [1.82, 2.24) is 4.13 Å². The Morgan fingerprint density at radius 2 is 1.67 bits per heavy atom. The quantitative estimate of drug-likeness (QED) is 0.804. The smallest absolute Gasteiger partial charge is 0.250 e. The Kier molecular flexibility index (Phi) is 4.44. The lowest BCUT2D eigenvalue weighted by molar-refractivity contribution is 0.530. The van der Waals surface area contributed by atoms with Crippen molar-refractivity contribution in [1.29, 1.82) is 0 Å². The van der Waals surface area contributed by atoms with Gasteiger partial charge >= 0.3 is 0 Å². The van der Waals surface area contributed by atoms with E-state index in [0.29, 0.717) is 8.95 Å². The Balaban J connectivity index is 3.21. The van der Waals surface area contributed by atoms with Crippen LogP contribution in [-0.2, 0) is 21.3 Å². The van der Waals surface area contributed by atoms with E-state index in [1.165, 1.54) is 16.3 Å². The van der Waals surface area contributed by atoms with Gasteiger partial charge in [0.05, 0.1) is 4.90 Å². The molecule has 0 aromatic heterocycles. The van der Waals surface area contributed by atoms with Gasteiger partial charge in [-0.25, -0.2) is 8.42 Å². The summed E-state index contributed by atoms with van der Waals surface area (Å²) in [4.78, 5) is -0.145. The Hall–Kier alpha value is 0.200. The molecule has 0 aliphatic carbocycles. The molecule has 0 aliphatic heterocycles. The second-order valence-corrected chi connectivity index (χ2v) is 6.87. The van der Waals surface area contributed by atoms with Gasteiger partial charge in [-0.1, -0.05) is 31.9 Å². The highest BCUT2D eigenvalue weighted by Gasteiger charge is 2.14. The van der Waals surface area contributed by atoms with Crippen molar-refractivity contribution in [2.45, 2.75) is 4.90 Å². The molecule has 0 spiro atoms. The maximum absolute atomic E-state index is 11.4. The minimum absolute atomic E-state index is 0.145. The highest BCUT2D eigenvalue weighted by atomic mass is 79.9. The maximum Gasteiger partial charge on any atom is 0.250 e. The minimum Gasteiger partial charge on any atom is -0.759 e. The first-order valence-corrected chi connectivity index (χ1v) is 7.53. The summed E-state index contributed by atoms with van der Waals surface area (Å²) in [6.07, 6.45) is 0. The van der Waals surface area contributed by atoms with Gasteiger partial charge in [-0.15, -0.1) is 4.13 Å². The fraction of sp³-hybridized carbons (Fsp3) is 0. The molecule has 0 aliphatic rings. The summed E-state index contributed by atoms with van der Waals surface area (Å²) in [7, 11) is -4.03. The summed E-state index contributed by atoms with van der Waals surface area (Å²) >= 11 is 3.32. The Morgan fingerprint density at radius 3 is 2.07 bits per heavy atom. The third kappa shape index (κ3) is 3.93. The molecule has 1 aromatic carbocycles. The van der Waals surface area contributed by atoms with Crippen molar-refractivity contribution in [3.8, 4) is 0 Å². The average Bonchev–Trinajstić information content (AvgIpc) is 1.99. The number of hydrogen-bond donors (Lipinski definition) is 1. The predicted octanol–water partition coefficient (Wildman–Crippen LogP) is 1.28. The van der Waals surface area contributed by atoms with Crippen molar-refractivity contribution in [3.63, 3.8) is 0 Å². The highest BCUT2D eigenvalue weighted by molar-refractivity contribution is 9.11. The van der Waals surface area contributed by atoms with Crippen molar-refractivity contribution in [2.24, 2.45) is 0 Å². The monoisotopic (exact) mass is 376 g/mol. The lowest BCUT2D eigenvalue weighted by Gasteiger charge is -2.09. The molecule has 0 fully saturated rings. The molecule has 15 heavy (non-hydrogen) atoms. The molecule has 0 amide bonds. The van der Waals surface area contributed by atoms with E-state index in [-0.39, 0.29) is 4.90 Å². The third-order valence-corrected chi connectivity index (χ3v) is 4.52. The molecule has 1 N–H and O–H groups in total. The molecule has 0 saturated heterocycles. The summed E-state index contributed by atoms with van der Waals surface area (Å²) in [5.74, 6) is 0. The second kappa shape index (κ2) is 5.02. The van der Waals surface area contributed by atoms with Crippen LogP contribution in [0.15, 0.2) is 32.0 Å². The van der Waals surface area contributed by atoms with E-state index in [1.807, 2.05) is 0 Å². The van der Waals surface area contributed by atoms with Crippen LogP contribution in [0.1, 0.15) is 0 Å². The standard InChI is InChI=1S/C6H5Br2NO4S2/c7-4-1-5(8)3-6(2-4)15(12,13)9-14(10)11/h1-3,9H,(H,10,11)/p-1. The van der Waals surface area contributed by atoms with Crippen LogP contribution in [0.3, 0.4) is 0 Å². The molecule has 0 heterocycles. The van der Waals surface area contributed by atoms with Crippen LogP contribution >= 0.6 is 31.9 Å². The van der Waals surface area contributed by atoms with E-state index >= 15 is 0 Å². The number of rotatable bonds is 3. The van der Waals surface area contributed by atoms with Gasteiger partial charge in [-0.05, 0) is 18.2 Å². The largest absolute Gasteiger partial charge is 0.759 e.